The molecule has 4 rings (SSSR count). The molecule has 1 N–H and O–H groups in total. The molecule has 1 aliphatic rings. The molecule has 218 valence electrons. The highest BCUT2D eigenvalue weighted by Crippen LogP contribution is 2.36. The average molecular weight is 581 g/mol. The number of aromatic hydroxyl groups is 1. The Morgan fingerprint density at radius 1 is 1.12 bits per heavy atom. The third kappa shape index (κ3) is 6.48. The summed E-state index contributed by atoms with van der Waals surface area (Å²) in [5, 5.41) is 10.1. The number of hydrogen-bond acceptors (Lipinski definition) is 9. The van der Waals surface area contributed by atoms with E-state index in [4.69, 9.17) is 18.9 Å². The van der Waals surface area contributed by atoms with Crippen molar-refractivity contribution in [2.24, 2.45) is 4.99 Å². The summed E-state index contributed by atoms with van der Waals surface area (Å²) >= 11 is 1.22. The largest absolute Gasteiger partial charge is 0.504 e. The monoisotopic (exact) mass is 580 g/mol. The number of phenolic OH excluding ortho intramolecular Hbond substituents is 1. The lowest BCUT2D eigenvalue weighted by Crippen LogP contribution is -2.40. The zero-order chi connectivity index (χ0) is 29.7. The Kier molecular flexibility index (Phi) is 9.54. The molecule has 0 saturated carbocycles. The number of aromatic nitrogens is 1. The Labute approximate surface area is 243 Å². The Balaban J connectivity index is 1.89. The van der Waals surface area contributed by atoms with Gasteiger partial charge in [-0.15, -0.1) is 0 Å². The van der Waals surface area contributed by atoms with Gasteiger partial charge in [-0.2, -0.15) is 0 Å². The number of hydrogen-bond donors (Lipinski definition) is 1. The van der Waals surface area contributed by atoms with E-state index in [0.717, 1.165) is 12.8 Å². The van der Waals surface area contributed by atoms with Gasteiger partial charge in [-0.25, -0.2) is 9.79 Å². The minimum atomic E-state index is -0.794. The van der Waals surface area contributed by atoms with E-state index in [2.05, 4.69) is 11.9 Å². The first-order valence-corrected chi connectivity index (χ1v) is 14.5. The van der Waals surface area contributed by atoms with Crippen LogP contribution < -0.4 is 29.1 Å². The van der Waals surface area contributed by atoms with Crippen LogP contribution in [-0.2, 0) is 9.53 Å². The fraction of sp³-hybridized carbons (Fsp3) is 0.387. The zero-order valence-corrected chi connectivity index (χ0v) is 25.0. The van der Waals surface area contributed by atoms with Gasteiger partial charge in [-0.1, -0.05) is 36.8 Å². The van der Waals surface area contributed by atoms with Crippen LogP contribution >= 0.6 is 11.3 Å². The third-order valence-electron chi connectivity index (χ3n) is 6.42. The number of ether oxygens (including phenoxy) is 4. The van der Waals surface area contributed by atoms with Crippen molar-refractivity contribution >= 4 is 23.4 Å². The SMILES string of the molecule is CCCCOc1ccc(C2C(C(=O)OC(C)C)=C(C)N=c3sc(=Cc4ccc(O)c(OCC)c4)c(=O)n32)cc1OC. The molecule has 10 heteroatoms. The van der Waals surface area contributed by atoms with Gasteiger partial charge in [-0.3, -0.25) is 9.36 Å². The number of rotatable bonds is 11. The van der Waals surface area contributed by atoms with Crippen molar-refractivity contribution in [1.29, 1.82) is 0 Å². The normalized spacial score (nSPS) is 15.0. The molecule has 0 spiro atoms. The molecule has 0 radical (unpaired) electrons. The van der Waals surface area contributed by atoms with Gasteiger partial charge in [0.25, 0.3) is 5.56 Å². The summed E-state index contributed by atoms with van der Waals surface area (Å²) in [5.74, 6) is 0.893. The summed E-state index contributed by atoms with van der Waals surface area (Å²) in [7, 11) is 1.56. The highest BCUT2D eigenvalue weighted by Gasteiger charge is 2.34. The lowest BCUT2D eigenvalue weighted by molar-refractivity contribution is -0.143. The Morgan fingerprint density at radius 2 is 1.90 bits per heavy atom. The molecule has 9 nitrogen and oxygen atoms in total. The second-order valence-electron chi connectivity index (χ2n) is 9.81. The molecule has 1 aliphatic heterocycles. The average Bonchev–Trinajstić information content (AvgIpc) is 3.23. The van der Waals surface area contributed by atoms with Gasteiger partial charge in [0.05, 0.1) is 48.3 Å². The summed E-state index contributed by atoms with van der Waals surface area (Å²) in [6, 6.07) is 9.53. The minimum absolute atomic E-state index is 0.0189. The van der Waals surface area contributed by atoms with Gasteiger partial charge in [-0.05, 0) is 75.6 Å². The second kappa shape index (κ2) is 13.1. The smallest absolute Gasteiger partial charge is 0.338 e. The predicted molar refractivity (Wildman–Crippen MR) is 158 cm³/mol. The summed E-state index contributed by atoms with van der Waals surface area (Å²) in [6.45, 7) is 10.2. The number of benzene rings is 2. The molecule has 2 heterocycles. The topological polar surface area (TPSA) is 109 Å². The lowest BCUT2D eigenvalue weighted by Gasteiger charge is -2.26. The Hall–Kier alpha value is -4.05. The highest BCUT2D eigenvalue weighted by atomic mass is 32.1. The quantitative estimate of drug-likeness (QED) is 0.263. The number of phenols is 1. The molecule has 1 unspecified atom stereocenters. The van der Waals surface area contributed by atoms with E-state index >= 15 is 0 Å². The summed E-state index contributed by atoms with van der Waals surface area (Å²) in [6.07, 6.45) is 3.27. The number of methoxy groups -OCH3 is 1. The first-order valence-electron chi connectivity index (χ1n) is 13.7. The molecule has 1 aromatic heterocycles. The van der Waals surface area contributed by atoms with Gasteiger partial charge in [0.15, 0.2) is 27.8 Å². The van der Waals surface area contributed by atoms with Crippen LogP contribution in [0.3, 0.4) is 0 Å². The van der Waals surface area contributed by atoms with E-state index in [1.807, 2.05) is 13.0 Å². The molecule has 0 saturated heterocycles. The highest BCUT2D eigenvalue weighted by molar-refractivity contribution is 7.07. The van der Waals surface area contributed by atoms with Crippen molar-refractivity contribution in [3.63, 3.8) is 0 Å². The molecule has 1 atom stereocenters. The molecule has 0 aliphatic carbocycles. The summed E-state index contributed by atoms with van der Waals surface area (Å²) in [5.41, 5.74) is 1.78. The molecule has 2 aromatic carbocycles. The molecule has 41 heavy (non-hydrogen) atoms. The van der Waals surface area contributed by atoms with Crippen molar-refractivity contribution in [2.45, 2.75) is 59.6 Å². The van der Waals surface area contributed by atoms with Gasteiger partial charge >= 0.3 is 5.97 Å². The second-order valence-corrected chi connectivity index (χ2v) is 10.8. The lowest BCUT2D eigenvalue weighted by atomic mass is 9.95. The van der Waals surface area contributed by atoms with Crippen LogP contribution in [0.2, 0.25) is 0 Å². The van der Waals surface area contributed by atoms with Crippen molar-refractivity contribution < 1.29 is 28.8 Å². The van der Waals surface area contributed by atoms with Crippen LogP contribution in [0.15, 0.2) is 57.5 Å². The molecular weight excluding hydrogens is 544 g/mol. The van der Waals surface area contributed by atoms with Gasteiger partial charge < -0.3 is 24.1 Å². The third-order valence-corrected chi connectivity index (χ3v) is 7.41. The van der Waals surface area contributed by atoms with E-state index < -0.39 is 12.0 Å². The number of nitrogens with zero attached hydrogens (tertiary/aromatic N) is 2. The van der Waals surface area contributed by atoms with E-state index in [9.17, 15) is 14.7 Å². The summed E-state index contributed by atoms with van der Waals surface area (Å²) in [4.78, 5) is 32.4. The van der Waals surface area contributed by atoms with Crippen molar-refractivity contribution in [2.75, 3.05) is 20.3 Å². The Bertz CT molecular complexity index is 1630. The van der Waals surface area contributed by atoms with Crippen LogP contribution in [-0.4, -0.2) is 42.1 Å². The fourth-order valence-electron chi connectivity index (χ4n) is 4.52. The van der Waals surface area contributed by atoms with Gasteiger partial charge in [0.1, 0.15) is 0 Å². The minimum Gasteiger partial charge on any atom is -0.504 e. The van der Waals surface area contributed by atoms with Crippen molar-refractivity contribution in [1.82, 2.24) is 4.57 Å². The van der Waals surface area contributed by atoms with Crippen LogP contribution in [0.1, 0.15) is 64.6 Å². The number of allylic oxidation sites excluding steroid dienone is 1. The number of esters is 1. The zero-order valence-electron chi connectivity index (χ0n) is 24.2. The van der Waals surface area contributed by atoms with Gasteiger partial charge in [0.2, 0.25) is 0 Å². The number of carbonyl (C=O) groups excluding carboxylic acids is 1. The van der Waals surface area contributed by atoms with Crippen LogP contribution in [0.4, 0.5) is 0 Å². The fourth-order valence-corrected chi connectivity index (χ4v) is 5.57. The standard InChI is InChI=1S/C31H36N2O7S/c1-7-9-14-39-23-13-11-21(17-25(23)37-6)28-27(30(36)40-18(3)4)19(5)32-31-33(28)29(35)26(41-31)16-20-10-12-22(34)24(15-20)38-8-2/h10-13,15-18,28,34H,7-9,14H2,1-6H3. The van der Waals surface area contributed by atoms with E-state index in [1.54, 1.807) is 58.2 Å². The number of thiazole rings is 1. The first kappa shape index (κ1) is 29.9. The van der Waals surface area contributed by atoms with Crippen LogP contribution in [0.25, 0.3) is 6.08 Å². The maximum absolute atomic E-state index is 13.9. The Morgan fingerprint density at radius 3 is 2.59 bits per heavy atom. The van der Waals surface area contributed by atoms with E-state index in [1.165, 1.54) is 22.0 Å². The number of unbranched alkanes of at least 4 members (excludes halogenated alkanes) is 1. The molecule has 3 aromatic rings. The van der Waals surface area contributed by atoms with Crippen molar-refractivity contribution in [3.8, 4) is 23.0 Å². The maximum atomic E-state index is 13.9. The predicted octanol–water partition coefficient (Wildman–Crippen LogP) is 4.48. The first-order chi connectivity index (χ1) is 19.7. The van der Waals surface area contributed by atoms with Crippen LogP contribution in [0, 0.1) is 0 Å². The molecule has 0 bridgehead atoms. The molecule has 0 fully saturated rings. The van der Waals surface area contributed by atoms with Gasteiger partial charge in [0, 0.05) is 0 Å². The maximum Gasteiger partial charge on any atom is 0.338 e. The van der Waals surface area contributed by atoms with E-state index in [-0.39, 0.29) is 23.0 Å². The van der Waals surface area contributed by atoms with Crippen molar-refractivity contribution in [3.05, 3.63) is 78.5 Å². The molecular formula is C31H36N2O7S. The molecule has 0 amide bonds. The van der Waals surface area contributed by atoms with Crippen LogP contribution in [0.5, 0.6) is 23.0 Å². The van der Waals surface area contributed by atoms with E-state index in [0.29, 0.717) is 56.6 Å². The summed E-state index contributed by atoms with van der Waals surface area (Å²) < 4.78 is 24.6. The number of carbonyl (C=O) groups is 1. The number of fused-ring (bicyclic) bond motifs is 1.